The maximum Gasteiger partial charge on any atom is 0.264 e. The van der Waals surface area contributed by atoms with Crippen LogP contribution >= 0.6 is 0 Å². The molecule has 1 amide bonds. The summed E-state index contributed by atoms with van der Waals surface area (Å²) < 4.78 is 0. The molecule has 1 aliphatic rings. The van der Waals surface area contributed by atoms with Gasteiger partial charge in [0.25, 0.3) is 5.91 Å². The van der Waals surface area contributed by atoms with Crippen LogP contribution in [0.3, 0.4) is 0 Å². The topological polar surface area (TPSA) is 66.5 Å². The van der Waals surface area contributed by atoms with Crippen LogP contribution in [0.25, 0.3) is 10.9 Å². The molecule has 1 aromatic heterocycles. The Morgan fingerprint density at radius 3 is 2.88 bits per heavy atom. The van der Waals surface area contributed by atoms with Crippen molar-refractivity contribution in [1.29, 1.82) is 0 Å². The second kappa shape index (κ2) is 7.44. The molecule has 2 aromatic carbocycles. The molecule has 0 fully saturated rings. The SMILES string of the molecule is O=C(NCc1cccc2[nH]ccc12)C1CC(CCc2ccccc2)=NO1. The fraction of sp³-hybridized carbons (Fsp3) is 0.238. The third-order valence-corrected chi connectivity index (χ3v) is 4.71. The number of fused-ring (bicyclic) bond motifs is 1. The van der Waals surface area contributed by atoms with Crippen LogP contribution in [0.2, 0.25) is 0 Å². The zero-order valence-electron chi connectivity index (χ0n) is 14.4. The quantitative estimate of drug-likeness (QED) is 0.716. The summed E-state index contributed by atoms with van der Waals surface area (Å²) in [5.41, 5.74) is 4.37. The van der Waals surface area contributed by atoms with E-state index < -0.39 is 6.10 Å². The average Bonchev–Trinajstić information content (AvgIpc) is 3.35. The number of aromatic amines is 1. The van der Waals surface area contributed by atoms with Crippen LogP contribution in [0.1, 0.15) is 24.0 Å². The highest BCUT2D eigenvalue weighted by molar-refractivity contribution is 5.93. The summed E-state index contributed by atoms with van der Waals surface area (Å²) in [5, 5.41) is 8.19. The molecule has 1 aliphatic heterocycles. The molecule has 1 atom stereocenters. The molecule has 4 rings (SSSR count). The van der Waals surface area contributed by atoms with E-state index in [1.165, 1.54) is 5.56 Å². The smallest absolute Gasteiger partial charge is 0.264 e. The van der Waals surface area contributed by atoms with Crippen LogP contribution in [0, 0.1) is 0 Å². The number of rotatable bonds is 6. The number of amides is 1. The maximum absolute atomic E-state index is 12.4. The van der Waals surface area contributed by atoms with Crippen LogP contribution in [0.5, 0.6) is 0 Å². The summed E-state index contributed by atoms with van der Waals surface area (Å²) >= 11 is 0. The number of benzene rings is 2. The van der Waals surface area contributed by atoms with Crippen molar-refractivity contribution in [2.45, 2.75) is 31.9 Å². The van der Waals surface area contributed by atoms with Gasteiger partial charge in [0.2, 0.25) is 6.10 Å². The number of aryl methyl sites for hydroxylation is 1. The Bertz CT molecular complexity index is 931. The van der Waals surface area contributed by atoms with Gasteiger partial charge in [0.1, 0.15) is 0 Å². The van der Waals surface area contributed by atoms with Gasteiger partial charge in [-0.05, 0) is 36.1 Å². The molecule has 0 saturated carbocycles. The lowest BCUT2D eigenvalue weighted by Gasteiger charge is -2.10. The molecule has 0 radical (unpaired) electrons. The highest BCUT2D eigenvalue weighted by Gasteiger charge is 2.27. The van der Waals surface area contributed by atoms with Crippen LogP contribution in [-0.2, 0) is 22.6 Å². The minimum absolute atomic E-state index is 0.115. The van der Waals surface area contributed by atoms with E-state index in [2.05, 4.69) is 27.6 Å². The molecule has 5 nitrogen and oxygen atoms in total. The van der Waals surface area contributed by atoms with Gasteiger partial charge >= 0.3 is 0 Å². The van der Waals surface area contributed by atoms with Gasteiger partial charge in [0.15, 0.2) is 0 Å². The summed E-state index contributed by atoms with van der Waals surface area (Å²) in [7, 11) is 0. The predicted octanol–water partition coefficient (Wildman–Crippen LogP) is 3.56. The molecule has 3 aromatic rings. The van der Waals surface area contributed by atoms with Crippen molar-refractivity contribution in [3.63, 3.8) is 0 Å². The molecule has 0 saturated heterocycles. The first kappa shape index (κ1) is 16.4. The van der Waals surface area contributed by atoms with Gasteiger partial charge < -0.3 is 15.1 Å². The molecule has 0 spiro atoms. The Kier molecular flexibility index (Phi) is 4.69. The summed E-state index contributed by atoms with van der Waals surface area (Å²) in [4.78, 5) is 20.9. The van der Waals surface area contributed by atoms with E-state index in [0.29, 0.717) is 13.0 Å². The fourth-order valence-corrected chi connectivity index (χ4v) is 3.25. The fourth-order valence-electron chi connectivity index (χ4n) is 3.25. The van der Waals surface area contributed by atoms with Crippen molar-refractivity contribution in [2.24, 2.45) is 5.16 Å². The number of nitrogens with zero attached hydrogens (tertiary/aromatic N) is 1. The number of oxime groups is 1. The molecular formula is C21H21N3O2. The number of carbonyl (C=O) groups is 1. The summed E-state index contributed by atoms with van der Waals surface area (Å²) in [6.07, 6.45) is 3.67. The maximum atomic E-state index is 12.4. The van der Waals surface area contributed by atoms with Gasteiger partial charge in [0.05, 0.1) is 5.71 Å². The van der Waals surface area contributed by atoms with Gasteiger partial charge in [-0.2, -0.15) is 0 Å². The Morgan fingerprint density at radius 1 is 1.12 bits per heavy atom. The van der Waals surface area contributed by atoms with E-state index in [-0.39, 0.29) is 5.91 Å². The number of aromatic nitrogens is 1. The Balaban J connectivity index is 1.28. The molecule has 1 unspecified atom stereocenters. The highest BCUT2D eigenvalue weighted by Crippen LogP contribution is 2.18. The molecular weight excluding hydrogens is 326 g/mol. The van der Waals surface area contributed by atoms with Crippen LogP contribution < -0.4 is 5.32 Å². The molecule has 2 heterocycles. The van der Waals surface area contributed by atoms with Crippen LogP contribution in [0.4, 0.5) is 0 Å². The standard InChI is InChI=1S/C21H21N3O2/c25-21(23-14-16-7-4-8-19-18(16)11-12-22-19)20-13-17(24-26-20)10-9-15-5-2-1-3-6-15/h1-8,11-12,20,22H,9-10,13-14H2,(H,23,25). The zero-order valence-corrected chi connectivity index (χ0v) is 14.4. The number of H-pyrrole nitrogens is 1. The number of carbonyl (C=O) groups excluding carboxylic acids is 1. The molecule has 0 bridgehead atoms. The zero-order chi connectivity index (χ0) is 17.8. The van der Waals surface area contributed by atoms with Crippen molar-refractivity contribution in [3.05, 3.63) is 71.9 Å². The van der Waals surface area contributed by atoms with Crippen LogP contribution in [-0.4, -0.2) is 22.7 Å². The van der Waals surface area contributed by atoms with Crippen LogP contribution in [0.15, 0.2) is 65.9 Å². The van der Waals surface area contributed by atoms with Crippen molar-refractivity contribution < 1.29 is 9.63 Å². The van der Waals surface area contributed by atoms with E-state index in [4.69, 9.17) is 4.84 Å². The van der Waals surface area contributed by atoms with Crippen molar-refractivity contribution in [2.75, 3.05) is 0 Å². The number of hydrogen-bond donors (Lipinski definition) is 2. The first-order valence-electron chi connectivity index (χ1n) is 8.88. The lowest BCUT2D eigenvalue weighted by atomic mass is 10.0. The van der Waals surface area contributed by atoms with Gasteiger partial charge in [0, 0.05) is 30.1 Å². The Morgan fingerprint density at radius 2 is 2.00 bits per heavy atom. The molecule has 0 aliphatic carbocycles. The molecule has 2 N–H and O–H groups in total. The Labute approximate surface area is 152 Å². The number of nitrogens with one attached hydrogen (secondary N) is 2. The molecule has 132 valence electrons. The van der Waals surface area contributed by atoms with Gasteiger partial charge in [-0.3, -0.25) is 4.79 Å². The Hall–Kier alpha value is -3.08. The van der Waals surface area contributed by atoms with Gasteiger partial charge in [-0.15, -0.1) is 0 Å². The molecule has 5 heteroatoms. The third kappa shape index (κ3) is 3.61. The van der Waals surface area contributed by atoms with E-state index in [9.17, 15) is 4.79 Å². The number of hydrogen-bond acceptors (Lipinski definition) is 3. The summed E-state index contributed by atoms with van der Waals surface area (Å²) in [6.45, 7) is 0.479. The van der Waals surface area contributed by atoms with Crippen molar-refractivity contribution in [1.82, 2.24) is 10.3 Å². The van der Waals surface area contributed by atoms with Gasteiger partial charge in [-0.1, -0.05) is 47.6 Å². The van der Waals surface area contributed by atoms with Crippen molar-refractivity contribution in [3.8, 4) is 0 Å². The lowest BCUT2D eigenvalue weighted by Crippen LogP contribution is -2.34. The molecule has 26 heavy (non-hydrogen) atoms. The summed E-state index contributed by atoms with van der Waals surface area (Å²) in [6, 6.07) is 18.3. The van der Waals surface area contributed by atoms with E-state index >= 15 is 0 Å². The van der Waals surface area contributed by atoms with E-state index in [0.717, 1.165) is 35.0 Å². The first-order valence-corrected chi connectivity index (χ1v) is 8.88. The largest absolute Gasteiger partial charge is 0.382 e. The highest BCUT2D eigenvalue weighted by atomic mass is 16.6. The second-order valence-corrected chi connectivity index (χ2v) is 6.52. The normalized spacial score (nSPS) is 16.3. The van der Waals surface area contributed by atoms with E-state index in [1.807, 2.05) is 48.7 Å². The minimum atomic E-state index is -0.522. The minimum Gasteiger partial charge on any atom is -0.382 e. The first-order chi connectivity index (χ1) is 12.8. The van der Waals surface area contributed by atoms with Crippen molar-refractivity contribution >= 4 is 22.5 Å². The second-order valence-electron chi connectivity index (χ2n) is 6.52. The predicted molar refractivity (Wildman–Crippen MR) is 102 cm³/mol. The van der Waals surface area contributed by atoms with E-state index in [1.54, 1.807) is 0 Å². The summed E-state index contributed by atoms with van der Waals surface area (Å²) in [5.74, 6) is -0.115. The monoisotopic (exact) mass is 347 g/mol. The van der Waals surface area contributed by atoms with Gasteiger partial charge in [-0.25, -0.2) is 0 Å². The average molecular weight is 347 g/mol. The lowest BCUT2D eigenvalue weighted by molar-refractivity contribution is -0.131. The third-order valence-electron chi connectivity index (χ3n) is 4.71.